The maximum Gasteiger partial charge on any atom is 0.344 e. The zero-order chi connectivity index (χ0) is 21.7. The lowest BCUT2D eigenvalue weighted by atomic mass is 9.87. The number of nitrogens with one attached hydrogen (secondary N) is 2. The van der Waals surface area contributed by atoms with Crippen LogP contribution in [-0.2, 0) is 24.7 Å². The molecule has 9 heteroatoms. The first-order chi connectivity index (χ1) is 14.4. The monoisotopic (exact) mass is 416 g/mol. The van der Waals surface area contributed by atoms with Crippen molar-refractivity contribution in [2.45, 2.75) is 38.6 Å². The van der Waals surface area contributed by atoms with Gasteiger partial charge in [-0.05, 0) is 44.8 Å². The number of urea groups is 1. The molecule has 0 aromatic heterocycles. The van der Waals surface area contributed by atoms with Crippen molar-refractivity contribution in [1.82, 2.24) is 20.7 Å². The molecule has 0 radical (unpaired) electrons. The second-order valence-corrected chi connectivity index (χ2v) is 7.53. The molecule has 1 aromatic rings. The van der Waals surface area contributed by atoms with E-state index < -0.39 is 23.4 Å². The molecule has 3 rings (SSSR count). The van der Waals surface area contributed by atoms with E-state index in [1.54, 1.807) is 31.2 Å². The molecule has 2 aliphatic rings. The van der Waals surface area contributed by atoms with Gasteiger partial charge in [-0.25, -0.2) is 4.79 Å². The molecule has 2 saturated heterocycles. The molecule has 2 fully saturated rings. The Morgan fingerprint density at radius 1 is 1.17 bits per heavy atom. The van der Waals surface area contributed by atoms with Crippen LogP contribution in [0, 0.1) is 5.92 Å². The lowest BCUT2D eigenvalue weighted by molar-refractivity contribution is -0.149. The number of amides is 4. The number of likely N-dealkylation sites (tertiary alicyclic amines) is 1. The highest BCUT2D eigenvalue weighted by Crippen LogP contribution is 2.31. The van der Waals surface area contributed by atoms with Crippen molar-refractivity contribution >= 4 is 23.8 Å². The zero-order valence-electron chi connectivity index (χ0n) is 17.3. The van der Waals surface area contributed by atoms with Crippen LogP contribution in [0.2, 0.25) is 0 Å². The number of nitrogens with zero attached hydrogens (tertiary/aromatic N) is 2. The van der Waals surface area contributed by atoms with Crippen LogP contribution in [0.1, 0.15) is 38.7 Å². The standard InChI is InChI=1S/C21H28N4O5/c1-3-21(16-8-6-5-7-9-16)19(28)25(20(29)22-21)23-17(26)14-24-12-10-15(11-13-24)18(27)30-4-2/h5-9,15H,3-4,10-14H2,1-2H3,(H,22,29)(H,23,26)/t21-/m1/s1. The number of benzene rings is 1. The van der Waals surface area contributed by atoms with Gasteiger partial charge in [0.1, 0.15) is 5.54 Å². The highest BCUT2D eigenvalue weighted by Gasteiger charge is 2.52. The molecule has 2 N–H and O–H groups in total. The van der Waals surface area contributed by atoms with Crippen molar-refractivity contribution in [1.29, 1.82) is 0 Å². The molecule has 162 valence electrons. The van der Waals surface area contributed by atoms with Crippen LogP contribution in [0.3, 0.4) is 0 Å². The third-order valence-electron chi connectivity index (χ3n) is 5.70. The molecular weight excluding hydrogens is 388 g/mol. The number of imide groups is 1. The topological polar surface area (TPSA) is 108 Å². The average molecular weight is 416 g/mol. The van der Waals surface area contributed by atoms with Gasteiger partial charge in [0.05, 0.1) is 19.1 Å². The first-order valence-electron chi connectivity index (χ1n) is 10.3. The van der Waals surface area contributed by atoms with Gasteiger partial charge in [0, 0.05) is 0 Å². The van der Waals surface area contributed by atoms with E-state index in [9.17, 15) is 19.2 Å². The summed E-state index contributed by atoms with van der Waals surface area (Å²) in [6.07, 6.45) is 1.58. The van der Waals surface area contributed by atoms with Crippen LogP contribution in [-0.4, -0.2) is 60.0 Å². The molecule has 4 amide bonds. The van der Waals surface area contributed by atoms with Crippen molar-refractivity contribution in [2.24, 2.45) is 5.92 Å². The number of piperidine rings is 1. The molecule has 0 aliphatic carbocycles. The Bertz CT molecular complexity index is 807. The highest BCUT2D eigenvalue weighted by molar-refractivity contribution is 6.08. The van der Waals surface area contributed by atoms with Crippen molar-refractivity contribution in [3.63, 3.8) is 0 Å². The van der Waals surface area contributed by atoms with Crippen LogP contribution >= 0.6 is 0 Å². The number of hydrogen-bond donors (Lipinski definition) is 2. The molecule has 0 unspecified atom stereocenters. The molecule has 2 heterocycles. The maximum atomic E-state index is 13.0. The Kier molecular flexibility index (Phi) is 6.71. The van der Waals surface area contributed by atoms with E-state index in [1.807, 2.05) is 17.9 Å². The van der Waals surface area contributed by atoms with Gasteiger partial charge in [0.15, 0.2) is 0 Å². The Hall–Kier alpha value is -2.94. The van der Waals surface area contributed by atoms with Gasteiger partial charge in [0.2, 0.25) is 0 Å². The zero-order valence-corrected chi connectivity index (χ0v) is 17.3. The summed E-state index contributed by atoms with van der Waals surface area (Å²) in [6, 6.07) is 8.33. The number of hydrogen-bond acceptors (Lipinski definition) is 6. The molecular formula is C21H28N4O5. The minimum Gasteiger partial charge on any atom is -0.466 e. The Morgan fingerprint density at radius 2 is 1.83 bits per heavy atom. The van der Waals surface area contributed by atoms with E-state index in [0.29, 0.717) is 44.5 Å². The number of ether oxygens (including phenoxy) is 1. The molecule has 0 bridgehead atoms. The number of carbonyl (C=O) groups is 4. The van der Waals surface area contributed by atoms with Crippen molar-refractivity contribution in [2.75, 3.05) is 26.2 Å². The van der Waals surface area contributed by atoms with Crippen LogP contribution in [0.25, 0.3) is 0 Å². The largest absolute Gasteiger partial charge is 0.466 e. The second kappa shape index (κ2) is 9.25. The van der Waals surface area contributed by atoms with Crippen molar-refractivity contribution in [3.8, 4) is 0 Å². The van der Waals surface area contributed by atoms with Gasteiger partial charge < -0.3 is 10.1 Å². The minimum absolute atomic E-state index is 0.0388. The summed E-state index contributed by atoms with van der Waals surface area (Å²) in [4.78, 5) is 51.7. The van der Waals surface area contributed by atoms with Gasteiger partial charge in [-0.15, -0.1) is 0 Å². The molecule has 1 atom stereocenters. The number of rotatable bonds is 7. The summed E-state index contributed by atoms with van der Waals surface area (Å²) < 4.78 is 5.05. The van der Waals surface area contributed by atoms with Crippen LogP contribution in [0.5, 0.6) is 0 Å². The quantitative estimate of drug-likeness (QED) is 0.510. The lowest BCUT2D eigenvalue weighted by Crippen LogP contribution is -2.52. The van der Waals surface area contributed by atoms with Crippen molar-refractivity contribution in [3.05, 3.63) is 35.9 Å². The van der Waals surface area contributed by atoms with E-state index in [0.717, 1.165) is 5.01 Å². The Morgan fingerprint density at radius 3 is 2.43 bits per heavy atom. The summed E-state index contributed by atoms with van der Waals surface area (Å²) in [5.74, 6) is -1.30. The molecule has 1 aromatic carbocycles. The van der Waals surface area contributed by atoms with Crippen molar-refractivity contribution < 1.29 is 23.9 Å². The van der Waals surface area contributed by atoms with Crippen LogP contribution in [0.4, 0.5) is 4.79 Å². The smallest absolute Gasteiger partial charge is 0.344 e. The normalized spacial score (nSPS) is 22.7. The van der Waals surface area contributed by atoms with Crippen LogP contribution in [0.15, 0.2) is 30.3 Å². The summed E-state index contributed by atoms with van der Waals surface area (Å²) in [7, 11) is 0. The molecule has 0 saturated carbocycles. The summed E-state index contributed by atoms with van der Waals surface area (Å²) in [6.45, 7) is 5.12. The van der Waals surface area contributed by atoms with E-state index in [1.165, 1.54) is 0 Å². The minimum atomic E-state index is -1.19. The van der Waals surface area contributed by atoms with Crippen LogP contribution < -0.4 is 10.7 Å². The third-order valence-corrected chi connectivity index (χ3v) is 5.70. The summed E-state index contributed by atoms with van der Waals surface area (Å²) in [5.41, 5.74) is 1.92. The van der Waals surface area contributed by atoms with E-state index in [2.05, 4.69) is 10.7 Å². The Labute approximate surface area is 175 Å². The van der Waals surface area contributed by atoms with E-state index >= 15 is 0 Å². The number of hydrazine groups is 1. The first kappa shape index (κ1) is 21.8. The third kappa shape index (κ3) is 4.30. The summed E-state index contributed by atoms with van der Waals surface area (Å²) in [5, 5.41) is 3.50. The summed E-state index contributed by atoms with van der Waals surface area (Å²) >= 11 is 0. The lowest BCUT2D eigenvalue weighted by Gasteiger charge is -2.30. The van der Waals surface area contributed by atoms with E-state index in [4.69, 9.17) is 4.74 Å². The molecule has 30 heavy (non-hydrogen) atoms. The number of carbonyl (C=O) groups excluding carboxylic acids is 4. The predicted molar refractivity (Wildman–Crippen MR) is 108 cm³/mol. The fourth-order valence-corrected chi connectivity index (χ4v) is 3.99. The SMILES string of the molecule is CCOC(=O)C1CCN(CC(=O)NN2C(=O)N[C@](CC)(c3ccccc3)C2=O)CC1. The van der Waals surface area contributed by atoms with Gasteiger partial charge >= 0.3 is 12.0 Å². The highest BCUT2D eigenvalue weighted by atomic mass is 16.5. The van der Waals surface area contributed by atoms with Gasteiger partial charge in [-0.2, -0.15) is 5.01 Å². The van der Waals surface area contributed by atoms with Gasteiger partial charge in [-0.1, -0.05) is 37.3 Å². The first-order valence-corrected chi connectivity index (χ1v) is 10.3. The maximum absolute atomic E-state index is 13.0. The predicted octanol–water partition coefficient (Wildman–Crippen LogP) is 1.15. The molecule has 0 spiro atoms. The second-order valence-electron chi connectivity index (χ2n) is 7.53. The number of esters is 1. The molecule has 2 aliphatic heterocycles. The van der Waals surface area contributed by atoms with E-state index in [-0.39, 0.29) is 18.4 Å². The fourth-order valence-electron chi connectivity index (χ4n) is 3.99. The Balaban J connectivity index is 1.58. The molecule has 9 nitrogen and oxygen atoms in total. The van der Waals surface area contributed by atoms with Gasteiger partial charge in [0.25, 0.3) is 11.8 Å². The fraction of sp³-hybridized carbons (Fsp3) is 0.524. The average Bonchev–Trinajstić information content (AvgIpc) is 3.00. The van der Waals surface area contributed by atoms with Gasteiger partial charge in [-0.3, -0.25) is 24.7 Å².